The van der Waals surface area contributed by atoms with E-state index in [0.717, 1.165) is 7.11 Å². The monoisotopic (exact) mass is 340 g/mol. The Kier molecular flexibility index (Phi) is 3.50. The molecule has 0 bridgehead atoms. The van der Waals surface area contributed by atoms with Crippen molar-refractivity contribution < 1.29 is 21.4 Å². The smallest absolute Gasteiger partial charge is 0.270 e. The third-order valence-corrected chi connectivity index (χ3v) is 4.95. The Morgan fingerprint density at radius 3 is 2.56 bits per heavy atom. The first kappa shape index (κ1) is 13.9. The molecular formula is C11H11BrF2O3S. The lowest BCUT2D eigenvalue weighted by Gasteiger charge is -2.37. The molecule has 3 nitrogen and oxygen atoms in total. The molecule has 1 fully saturated rings. The summed E-state index contributed by atoms with van der Waals surface area (Å²) < 4.78 is 55.3. The third-order valence-electron chi connectivity index (χ3n) is 3.11. The lowest BCUT2D eigenvalue weighted by Crippen LogP contribution is -2.37. The van der Waals surface area contributed by atoms with Crippen molar-refractivity contribution in [3.63, 3.8) is 0 Å². The Balaban J connectivity index is 2.56. The molecule has 0 saturated heterocycles. The summed E-state index contributed by atoms with van der Waals surface area (Å²) in [6.07, 6.45) is 0.0618. The molecule has 2 rings (SSSR count). The van der Waals surface area contributed by atoms with Gasteiger partial charge < -0.3 is 0 Å². The summed E-state index contributed by atoms with van der Waals surface area (Å²) in [6, 6.07) is 4.20. The maximum Gasteiger partial charge on any atom is 0.296 e. The van der Waals surface area contributed by atoms with Crippen LogP contribution in [0.4, 0.5) is 8.78 Å². The summed E-state index contributed by atoms with van der Waals surface area (Å²) in [5, 5.41) is 0. The van der Waals surface area contributed by atoms with E-state index in [9.17, 15) is 17.2 Å². The Morgan fingerprint density at radius 1 is 1.44 bits per heavy atom. The van der Waals surface area contributed by atoms with Crippen molar-refractivity contribution >= 4 is 26.0 Å². The van der Waals surface area contributed by atoms with Crippen LogP contribution in [0.2, 0.25) is 0 Å². The maximum absolute atomic E-state index is 13.4. The number of benzene rings is 1. The molecule has 1 saturated carbocycles. The number of alkyl halides is 2. The van der Waals surface area contributed by atoms with Gasteiger partial charge in [0.05, 0.1) is 12.0 Å². The van der Waals surface area contributed by atoms with Crippen molar-refractivity contribution in [2.45, 2.75) is 29.6 Å². The number of hydrogen-bond donors (Lipinski definition) is 0. The second-order valence-corrected chi connectivity index (χ2v) is 6.75. The first-order valence-electron chi connectivity index (χ1n) is 5.26. The van der Waals surface area contributed by atoms with Crippen LogP contribution in [0.25, 0.3) is 0 Å². The highest BCUT2D eigenvalue weighted by atomic mass is 79.9. The van der Waals surface area contributed by atoms with E-state index in [1.54, 1.807) is 0 Å². The van der Waals surface area contributed by atoms with E-state index in [2.05, 4.69) is 20.1 Å². The van der Waals surface area contributed by atoms with E-state index in [-0.39, 0.29) is 23.3 Å². The molecule has 1 atom stereocenters. The summed E-state index contributed by atoms with van der Waals surface area (Å²) in [4.78, 5) is -0.183. The van der Waals surface area contributed by atoms with Crippen LogP contribution in [-0.2, 0) is 14.3 Å². The molecule has 7 heteroatoms. The van der Waals surface area contributed by atoms with Crippen LogP contribution in [0.5, 0.6) is 0 Å². The van der Waals surface area contributed by atoms with Crippen LogP contribution in [0.1, 0.15) is 24.3 Å². The second kappa shape index (κ2) is 4.54. The fourth-order valence-electron chi connectivity index (χ4n) is 2.00. The van der Waals surface area contributed by atoms with Crippen molar-refractivity contribution in [2.24, 2.45) is 0 Å². The van der Waals surface area contributed by atoms with E-state index in [1.807, 2.05) is 0 Å². The maximum atomic E-state index is 13.4. The fourth-order valence-corrected chi connectivity index (χ4v) is 3.28. The van der Waals surface area contributed by atoms with Crippen molar-refractivity contribution in [1.29, 1.82) is 0 Å². The third kappa shape index (κ3) is 2.31. The van der Waals surface area contributed by atoms with Crippen molar-refractivity contribution in [1.82, 2.24) is 0 Å². The zero-order chi connectivity index (χ0) is 13.6. The van der Waals surface area contributed by atoms with Crippen LogP contribution >= 0.6 is 15.9 Å². The van der Waals surface area contributed by atoms with Gasteiger partial charge in [0, 0.05) is 16.8 Å². The van der Waals surface area contributed by atoms with Crippen LogP contribution < -0.4 is 0 Å². The summed E-state index contributed by atoms with van der Waals surface area (Å²) in [5.41, 5.74) is 0.113. The Morgan fingerprint density at radius 2 is 2.11 bits per heavy atom. The molecule has 0 aromatic heterocycles. The Hall–Kier alpha value is -0.530. The molecule has 0 radical (unpaired) electrons. The van der Waals surface area contributed by atoms with Gasteiger partial charge in [-0.1, -0.05) is 15.9 Å². The summed E-state index contributed by atoms with van der Waals surface area (Å²) in [7, 11) is -2.96. The molecule has 0 amide bonds. The lowest BCUT2D eigenvalue weighted by molar-refractivity contribution is -0.0971. The average molecular weight is 341 g/mol. The highest BCUT2D eigenvalue weighted by molar-refractivity contribution is 9.10. The molecule has 1 unspecified atom stereocenters. The first-order valence-corrected chi connectivity index (χ1v) is 7.46. The second-order valence-electron chi connectivity index (χ2n) is 4.16. The van der Waals surface area contributed by atoms with Gasteiger partial charge in [-0.25, -0.2) is 8.78 Å². The number of halogens is 3. The highest BCUT2D eigenvalue weighted by Crippen LogP contribution is 2.51. The molecule has 1 aliphatic rings. The SMILES string of the molecule is COS(=O)(=O)c1ccc(Br)cc1C1CCC1(F)F. The predicted molar refractivity (Wildman–Crippen MR) is 65.3 cm³/mol. The Bertz CT molecular complexity index is 572. The zero-order valence-electron chi connectivity index (χ0n) is 9.49. The van der Waals surface area contributed by atoms with Crippen LogP contribution in [0.15, 0.2) is 27.6 Å². The van der Waals surface area contributed by atoms with Gasteiger partial charge in [0.25, 0.3) is 16.0 Å². The van der Waals surface area contributed by atoms with E-state index < -0.39 is 22.0 Å². The molecule has 100 valence electrons. The van der Waals surface area contributed by atoms with Gasteiger partial charge in [-0.2, -0.15) is 8.42 Å². The summed E-state index contributed by atoms with van der Waals surface area (Å²) >= 11 is 3.16. The molecule has 0 aliphatic heterocycles. The number of rotatable bonds is 3. The van der Waals surface area contributed by atoms with Gasteiger partial charge in [0.2, 0.25) is 0 Å². The van der Waals surface area contributed by atoms with Gasteiger partial charge in [-0.05, 0) is 30.2 Å². The van der Waals surface area contributed by atoms with Crippen molar-refractivity contribution in [3.8, 4) is 0 Å². The largest absolute Gasteiger partial charge is 0.296 e. The lowest BCUT2D eigenvalue weighted by atomic mass is 9.76. The van der Waals surface area contributed by atoms with E-state index >= 15 is 0 Å². The average Bonchev–Trinajstić information content (AvgIpc) is 2.27. The normalized spacial score (nSPS) is 22.6. The minimum absolute atomic E-state index is 0.113. The molecule has 0 heterocycles. The van der Waals surface area contributed by atoms with E-state index in [1.165, 1.54) is 18.2 Å². The molecule has 0 spiro atoms. The number of hydrogen-bond acceptors (Lipinski definition) is 3. The molecular weight excluding hydrogens is 330 g/mol. The van der Waals surface area contributed by atoms with Gasteiger partial charge >= 0.3 is 0 Å². The van der Waals surface area contributed by atoms with Gasteiger partial charge in [-0.15, -0.1) is 0 Å². The molecule has 1 aromatic carbocycles. The highest BCUT2D eigenvalue weighted by Gasteiger charge is 2.50. The van der Waals surface area contributed by atoms with Crippen LogP contribution in [-0.4, -0.2) is 21.5 Å². The molecule has 18 heavy (non-hydrogen) atoms. The minimum Gasteiger partial charge on any atom is -0.270 e. The van der Waals surface area contributed by atoms with Gasteiger partial charge in [-0.3, -0.25) is 4.18 Å². The summed E-state index contributed by atoms with van der Waals surface area (Å²) in [6.45, 7) is 0. The minimum atomic E-state index is -3.97. The predicted octanol–water partition coefficient (Wildman–Crippen LogP) is 3.30. The standard InChI is InChI=1S/C11H11BrF2O3S/c1-17-18(15,16)10-3-2-7(12)6-8(10)9-4-5-11(9,13)14/h2-3,6,9H,4-5H2,1H3. The van der Waals surface area contributed by atoms with E-state index in [4.69, 9.17) is 0 Å². The summed E-state index contributed by atoms with van der Waals surface area (Å²) in [5.74, 6) is -3.91. The zero-order valence-corrected chi connectivity index (χ0v) is 11.9. The topological polar surface area (TPSA) is 43.4 Å². The first-order chi connectivity index (χ1) is 8.28. The fraction of sp³-hybridized carbons (Fsp3) is 0.455. The van der Waals surface area contributed by atoms with Crippen LogP contribution in [0.3, 0.4) is 0 Å². The Labute approximate surface area is 112 Å². The molecule has 1 aromatic rings. The van der Waals surface area contributed by atoms with Gasteiger partial charge in [0.15, 0.2) is 0 Å². The quantitative estimate of drug-likeness (QED) is 0.793. The van der Waals surface area contributed by atoms with Crippen molar-refractivity contribution in [3.05, 3.63) is 28.2 Å². The van der Waals surface area contributed by atoms with Crippen LogP contribution in [0, 0.1) is 0 Å². The van der Waals surface area contributed by atoms with E-state index in [0.29, 0.717) is 4.47 Å². The van der Waals surface area contributed by atoms with Gasteiger partial charge in [0.1, 0.15) is 0 Å². The molecule has 1 aliphatic carbocycles. The molecule has 0 N–H and O–H groups in total. The van der Waals surface area contributed by atoms with Crippen molar-refractivity contribution in [2.75, 3.05) is 7.11 Å².